The lowest BCUT2D eigenvalue weighted by atomic mass is 9.98. The second-order valence-electron chi connectivity index (χ2n) is 9.10. The van der Waals surface area contributed by atoms with E-state index in [4.69, 9.17) is 10.7 Å². The Morgan fingerprint density at radius 2 is 2.03 bits per heavy atom. The maximum Gasteiger partial charge on any atom is 0.260 e. The van der Waals surface area contributed by atoms with E-state index in [0.717, 1.165) is 40.7 Å². The van der Waals surface area contributed by atoms with Gasteiger partial charge in [0.05, 0.1) is 17.6 Å². The molecular weight excluding hydrogens is 476 g/mol. The number of carbonyl (C=O) groups excluding carboxylic acids is 2. The molecule has 4 aromatic rings. The van der Waals surface area contributed by atoms with Crippen LogP contribution in [0.5, 0.6) is 0 Å². The van der Waals surface area contributed by atoms with E-state index in [1.165, 1.54) is 11.3 Å². The van der Waals surface area contributed by atoms with Crippen molar-refractivity contribution in [3.63, 3.8) is 0 Å². The molecule has 4 heterocycles. The summed E-state index contributed by atoms with van der Waals surface area (Å²) in [7, 11) is 3.79. The molecule has 1 aromatic carbocycles. The van der Waals surface area contributed by atoms with Crippen LogP contribution in [0.4, 0.5) is 28.8 Å². The number of nitrogens with two attached hydrogens (primary N) is 1. The number of amides is 2. The number of primary amides is 1. The molecule has 5 rings (SSSR count). The van der Waals surface area contributed by atoms with Crippen molar-refractivity contribution in [2.45, 2.75) is 19.8 Å². The Kier molecular flexibility index (Phi) is 6.33. The van der Waals surface area contributed by atoms with E-state index in [2.05, 4.69) is 26.7 Å². The summed E-state index contributed by atoms with van der Waals surface area (Å²) in [5.41, 5.74) is 10.7. The van der Waals surface area contributed by atoms with Crippen LogP contribution in [0.1, 0.15) is 27.2 Å². The number of hydrogen-bond donors (Lipinski definition) is 4. The first-order valence-corrected chi connectivity index (χ1v) is 12.5. The number of aromatic amines is 1. The number of benzene rings is 1. The molecule has 11 heteroatoms. The van der Waals surface area contributed by atoms with Gasteiger partial charge in [0.1, 0.15) is 16.3 Å². The van der Waals surface area contributed by atoms with Gasteiger partial charge in [-0.1, -0.05) is 6.07 Å². The third kappa shape index (κ3) is 4.62. The van der Waals surface area contributed by atoms with Crippen LogP contribution in [-0.4, -0.2) is 58.9 Å². The number of aromatic nitrogens is 3. The van der Waals surface area contributed by atoms with Gasteiger partial charge < -0.3 is 31.2 Å². The van der Waals surface area contributed by atoms with Crippen molar-refractivity contribution in [3.8, 4) is 0 Å². The number of nitrogens with one attached hydrogen (secondary N) is 3. The summed E-state index contributed by atoms with van der Waals surface area (Å²) >= 11 is 1.27. The molecule has 36 heavy (non-hydrogen) atoms. The fourth-order valence-corrected chi connectivity index (χ4v) is 5.15. The third-order valence-electron chi connectivity index (χ3n) is 6.10. The molecule has 0 atom stereocenters. The average Bonchev–Trinajstić information content (AvgIpc) is 3.48. The Morgan fingerprint density at radius 1 is 1.19 bits per heavy atom. The quantitative estimate of drug-likeness (QED) is 0.301. The van der Waals surface area contributed by atoms with Crippen molar-refractivity contribution < 1.29 is 9.59 Å². The molecule has 10 nitrogen and oxygen atoms in total. The molecule has 0 aliphatic carbocycles. The van der Waals surface area contributed by atoms with E-state index in [-0.39, 0.29) is 5.91 Å². The van der Waals surface area contributed by atoms with E-state index < -0.39 is 5.91 Å². The Morgan fingerprint density at radius 3 is 2.81 bits per heavy atom. The highest BCUT2D eigenvalue weighted by Crippen LogP contribution is 2.35. The molecular formula is C25H28N8O2S. The van der Waals surface area contributed by atoms with E-state index in [9.17, 15) is 9.59 Å². The molecule has 0 bridgehead atoms. The molecule has 186 valence electrons. The van der Waals surface area contributed by atoms with Crippen LogP contribution in [0, 0.1) is 6.92 Å². The number of thiophene rings is 1. The zero-order valence-corrected chi connectivity index (χ0v) is 21.2. The summed E-state index contributed by atoms with van der Waals surface area (Å²) in [6.45, 7) is 3.08. The molecule has 5 N–H and O–H groups in total. The third-order valence-corrected chi connectivity index (χ3v) is 7.03. The number of likely N-dealkylation sites (N-methyl/N-ethyl adjacent to an activating group) is 1. The Hall–Kier alpha value is -3.96. The minimum absolute atomic E-state index is 0.0762. The number of hydrogen-bond acceptors (Lipinski definition) is 8. The van der Waals surface area contributed by atoms with Crippen molar-refractivity contribution >= 4 is 63.0 Å². The number of H-pyrrole nitrogens is 1. The van der Waals surface area contributed by atoms with Crippen LogP contribution in [-0.2, 0) is 11.2 Å². The van der Waals surface area contributed by atoms with Gasteiger partial charge >= 0.3 is 0 Å². The number of rotatable bonds is 7. The van der Waals surface area contributed by atoms with Gasteiger partial charge in [0.15, 0.2) is 0 Å². The van der Waals surface area contributed by atoms with Crippen molar-refractivity contribution in [1.29, 1.82) is 0 Å². The molecule has 1 aliphatic rings. The number of anilines is 5. The van der Waals surface area contributed by atoms with Gasteiger partial charge in [-0.3, -0.25) is 9.59 Å². The first-order chi connectivity index (χ1) is 17.3. The molecule has 1 aliphatic heterocycles. The van der Waals surface area contributed by atoms with E-state index in [1.807, 2.05) is 43.0 Å². The largest absolute Gasteiger partial charge is 0.365 e. The normalized spacial score (nSPS) is 13.2. The highest BCUT2D eigenvalue weighted by Gasteiger charge is 2.24. The highest BCUT2D eigenvalue weighted by molar-refractivity contribution is 7.12. The van der Waals surface area contributed by atoms with Gasteiger partial charge in [0.2, 0.25) is 11.9 Å². The summed E-state index contributed by atoms with van der Waals surface area (Å²) in [6.07, 6.45) is 3.66. The fourth-order valence-electron chi connectivity index (χ4n) is 4.44. The minimum Gasteiger partial charge on any atom is -0.365 e. The van der Waals surface area contributed by atoms with Crippen LogP contribution in [0.25, 0.3) is 11.0 Å². The molecule has 0 saturated heterocycles. The monoisotopic (exact) mass is 504 g/mol. The molecule has 0 unspecified atom stereocenters. The lowest BCUT2D eigenvalue weighted by Crippen LogP contribution is -2.40. The molecule has 2 amide bonds. The lowest BCUT2D eigenvalue weighted by molar-refractivity contribution is -0.119. The zero-order chi connectivity index (χ0) is 25.4. The summed E-state index contributed by atoms with van der Waals surface area (Å²) < 4.78 is 0. The molecule has 0 saturated carbocycles. The van der Waals surface area contributed by atoms with Crippen molar-refractivity contribution in [2.75, 3.05) is 42.7 Å². The zero-order valence-electron chi connectivity index (χ0n) is 20.4. The number of fused-ring (bicyclic) bond motifs is 2. The first kappa shape index (κ1) is 23.8. The minimum atomic E-state index is -0.497. The molecule has 0 fully saturated rings. The summed E-state index contributed by atoms with van der Waals surface area (Å²) in [6, 6.07) is 7.81. The van der Waals surface area contributed by atoms with E-state index >= 15 is 0 Å². The van der Waals surface area contributed by atoms with Gasteiger partial charge in [-0.25, -0.2) is 0 Å². The van der Waals surface area contributed by atoms with Gasteiger partial charge in [-0.05, 0) is 68.6 Å². The average molecular weight is 505 g/mol. The van der Waals surface area contributed by atoms with Crippen LogP contribution < -0.4 is 21.3 Å². The summed E-state index contributed by atoms with van der Waals surface area (Å²) in [5.74, 6) is 0.506. The summed E-state index contributed by atoms with van der Waals surface area (Å²) in [5, 5.41) is 9.16. The lowest BCUT2D eigenvalue weighted by Gasteiger charge is -2.31. The number of aryl methyl sites for hydroxylation is 2. The number of nitrogens with zero attached hydrogens (tertiary/aromatic N) is 4. The predicted octanol–water partition coefficient (Wildman–Crippen LogP) is 3.75. The van der Waals surface area contributed by atoms with Crippen LogP contribution in [0.15, 0.2) is 35.8 Å². The smallest absolute Gasteiger partial charge is 0.260 e. The maximum atomic E-state index is 12.9. The van der Waals surface area contributed by atoms with E-state index in [1.54, 1.807) is 17.6 Å². The molecule has 3 aromatic heterocycles. The maximum absolute atomic E-state index is 12.9. The first-order valence-electron chi connectivity index (χ1n) is 11.6. The van der Waals surface area contributed by atoms with Gasteiger partial charge in [0.25, 0.3) is 5.91 Å². The van der Waals surface area contributed by atoms with Crippen molar-refractivity contribution in [2.24, 2.45) is 5.73 Å². The van der Waals surface area contributed by atoms with Gasteiger partial charge in [-0.15, -0.1) is 11.3 Å². The molecule has 0 spiro atoms. The molecule has 0 radical (unpaired) electrons. The Bertz CT molecular complexity index is 1460. The van der Waals surface area contributed by atoms with Gasteiger partial charge in [-0.2, -0.15) is 9.97 Å². The Balaban J connectivity index is 1.49. The Labute approximate surface area is 212 Å². The van der Waals surface area contributed by atoms with Crippen molar-refractivity contribution in [1.82, 2.24) is 19.9 Å². The number of carbonyl (C=O) groups is 2. The topological polar surface area (TPSA) is 132 Å². The fraction of sp³-hybridized carbons (Fsp3) is 0.280. The van der Waals surface area contributed by atoms with Crippen molar-refractivity contribution in [3.05, 3.63) is 51.8 Å². The second-order valence-corrected chi connectivity index (χ2v) is 10.0. The highest BCUT2D eigenvalue weighted by atomic mass is 32.1. The van der Waals surface area contributed by atoms with Crippen LogP contribution in [0.2, 0.25) is 0 Å². The van der Waals surface area contributed by atoms with Crippen LogP contribution >= 0.6 is 11.3 Å². The van der Waals surface area contributed by atoms with Gasteiger partial charge in [0, 0.05) is 24.1 Å². The van der Waals surface area contributed by atoms with E-state index in [0.29, 0.717) is 41.1 Å². The summed E-state index contributed by atoms with van der Waals surface area (Å²) in [4.78, 5) is 41.3. The SMILES string of the molecule is Cc1cc2c(cc1Nc1nc(Nc3ccsc3C(N)=O)c3cc[nH]c3n1)N(C(=O)CN(C)C)CCC2. The van der Waals surface area contributed by atoms with Crippen LogP contribution in [0.3, 0.4) is 0 Å². The predicted molar refractivity (Wildman–Crippen MR) is 144 cm³/mol. The second kappa shape index (κ2) is 9.59. The standard InChI is InChI=1S/C25H28N8O2S/c1-14-11-15-5-4-9-33(20(34)13-32(2)3)19(15)12-18(14)29-25-30-23-16(6-8-27-23)24(31-25)28-17-7-10-36-21(17)22(26)35/h6-8,10-12H,4-5,9,13H2,1-3H3,(H2,26,35)(H3,27,28,29,30,31).